The van der Waals surface area contributed by atoms with Gasteiger partial charge in [-0.25, -0.2) is 28.8 Å². The Bertz CT molecular complexity index is 1690. The Hall–Kier alpha value is -5.37. The van der Waals surface area contributed by atoms with E-state index in [1.165, 1.54) is 17.2 Å². The molecule has 39 heavy (non-hydrogen) atoms. The van der Waals surface area contributed by atoms with E-state index < -0.39 is 6.09 Å². The van der Waals surface area contributed by atoms with Crippen molar-refractivity contribution >= 4 is 28.6 Å². The molecule has 0 radical (unpaired) electrons. The summed E-state index contributed by atoms with van der Waals surface area (Å²) >= 11 is 0. The number of pyridine rings is 1. The number of nitrogen functional groups attached to an aromatic ring is 1. The maximum atomic E-state index is 14.3. The van der Waals surface area contributed by atoms with Gasteiger partial charge in [-0.05, 0) is 37.3 Å². The number of aryl methyl sites for hydroxylation is 1. The first-order valence-corrected chi connectivity index (χ1v) is 12.1. The van der Waals surface area contributed by atoms with Gasteiger partial charge in [-0.2, -0.15) is 10.4 Å². The Kier molecular flexibility index (Phi) is 7.09. The lowest BCUT2D eigenvalue weighted by Crippen LogP contribution is -2.34. The SMILES string of the molecule is Cc1ccc(N(CCC#N)C(=O)Oc2cnc(-c3nn(Cc4ccccc4F)c4ncccc34)nc2N)cc1. The maximum Gasteiger partial charge on any atom is 0.419 e. The van der Waals surface area contributed by atoms with Crippen LogP contribution in [0.15, 0.2) is 73.1 Å². The van der Waals surface area contributed by atoms with E-state index in [2.05, 4.69) is 20.1 Å². The molecule has 10 nitrogen and oxygen atoms in total. The Morgan fingerprint density at radius 3 is 2.67 bits per heavy atom. The number of carbonyl (C=O) groups excluding carboxylic acids is 1. The third kappa shape index (κ3) is 5.35. The Morgan fingerprint density at radius 2 is 1.92 bits per heavy atom. The molecule has 0 unspecified atom stereocenters. The molecule has 11 heteroatoms. The third-order valence-corrected chi connectivity index (χ3v) is 5.99. The van der Waals surface area contributed by atoms with Crippen LogP contribution in [-0.4, -0.2) is 37.4 Å². The number of halogens is 1. The normalized spacial score (nSPS) is 10.8. The van der Waals surface area contributed by atoms with Gasteiger partial charge in [0.05, 0.1) is 30.6 Å². The van der Waals surface area contributed by atoms with Gasteiger partial charge in [-0.15, -0.1) is 0 Å². The second-order valence-electron chi connectivity index (χ2n) is 8.68. The highest BCUT2D eigenvalue weighted by atomic mass is 19.1. The lowest BCUT2D eigenvalue weighted by Gasteiger charge is -2.21. The Labute approximate surface area is 223 Å². The molecule has 3 aromatic heterocycles. The number of benzene rings is 2. The van der Waals surface area contributed by atoms with E-state index in [9.17, 15) is 9.18 Å². The van der Waals surface area contributed by atoms with E-state index in [0.717, 1.165) is 5.56 Å². The van der Waals surface area contributed by atoms with Crippen LogP contribution in [0.5, 0.6) is 5.75 Å². The van der Waals surface area contributed by atoms with Gasteiger partial charge in [0.15, 0.2) is 23.0 Å². The molecule has 0 saturated heterocycles. The lowest BCUT2D eigenvalue weighted by molar-refractivity contribution is 0.207. The van der Waals surface area contributed by atoms with Gasteiger partial charge in [-0.3, -0.25) is 4.90 Å². The van der Waals surface area contributed by atoms with Gasteiger partial charge in [0.2, 0.25) is 0 Å². The quantitative estimate of drug-likeness (QED) is 0.319. The monoisotopic (exact) mass is 522 g/mol. The average molecular weight is 523 g/mol. The highest BCUT2D eigenvalue weighted by molar-refractivity contribution is 5.91. The van der Waals surface area contributed by atoms with E-state index in [0.29, 0.717) is 28.0 Å². The van der Waals surface area contributed by atoms with E-state index in [1.807, 2.05) is 31.2 Å². The number of hydrogen-bond acceptors (Lipinski definition) is 8. The van der Waals surface area contributed by atoms with Crippen LogP contribution in [0.1, 0.15) is 17.5 Å². The topological polar surface area (TPSA) is 136 Å². The summed E-state index contributed by atoms with van der Waals surface area (Å²) in [5, 5.41) is 14.3. The van der Waals surface area contributed by atoms with Gasteiger partial charge < -0.3 is 10.5 Å². The first kappa shape index (κ1) is 25.3. The van der Waals surface area contributed by atoms with Crippen LogP contribution >= 0.6 is 0 Å². The molecule has 0 saturated carbocycles. The molecule has 0 bridgehead atoms. The summed E-state index contributed by atoms with van der Waals surface area (Å²) in [7, 11) is 0. The lowest BCUT2D eigenvalue weighted by atomic mass is 10.2. The summed E-state index contributed by atoms with van der Waals surface area (Å²) < 4.78 is 21.4. The molecule has 0 aliphatic carbocycles. The Morgan fingerprint density at radius 1 is 1.13 bits per heavy atom. The van der Waals surface area contributed by atoms with Crippen molar-refractivity contribution in [2.45, 2.75) is 19.9 Å². The van der Waals surface area contributed by atoms with Crippen LogP contribution in [0, 0.1) is 24.1 Å². The zero-order valence-electron chi connectivity index (χ0n) is 21.0. The summed E-state index contributed by atoms with van der Waals surface area (Å²) in [4.78, 5) is 27.4. The molecule has 0 fully saturated rings. The highest BCUT2D eigenvalue weighted by Gasteiger charge is 2.22. The molecule has 0 aliphatic rings. The number of hydrogen-bond donors (Lipinski definition) is 1. The number of aromatic nitrogens is 5. The van der Waals surface area contributed by atoms with Crippen LogP contribution in [0.4, 0.5) is 20.7 Å². The van der Waals surface area contributed by atoms with Crippen LogP contribution in [-0.2, 0) is 6.54 Å². The smallest absolute Gasteiger partial charge is 0.404 e. The van der Waals surface area contributed by atoms with Crippen LogP contribution in [0.25, 0.3) is 22.6 Å². The fraction of sp³-hybridized carbons (Fsp3) is 0.143. The minimum atomic E-state index is -0.721. The number of nitrogens with two attached hydrogens (primary N) is 1. The summed E-state index contributed by atoms with van der Waals surface area (Å²) in [5.41, 5.74) is 9.15. The number of anilines is 2. The second kappa shape index (κ2) is 10.9. The Balaban J connectivity index is 1.43. The van der Waals surface area contributed by atoms with E-state index >= 15 is 0 Å². The molecule has 0 atom stereocenters. The third-order valence-electron chi connectivity index (χ3n) is 5.99. The predicted molar refractivity (Wildman–Crippen MR) is 143 cm³/mol. The molecule has 5 aromatic rings. The van der Waals surface area contributed by atoms with Crippen molar-refractivity contribution in [1.29, 1.82) is 5.26 Å². The largest absolute Gasteiger partial charge is 0.419 e. The first-order chi connectivity index (χ1) is 18.9. The van der Waals surface area contributed by atoms with Gasteiger partial charge >= 0.3 is 6.09 Å². The van der Waals surface area contributed by atoms with E-state index in [-0.39, 0.29) is 42.7 Å². The molecule has 3 heterocycles. The van der Waals surface area contributed by atoms with Crippen LogP contribution in [0.3, 0.4) is 0 Å². The van der Waals surface area contributed by atoms with E-state index in [4.69, 9.17) is 15.7 Å². The number of nitrogens with zero attached hydrogens (tertiary/aromatic N) is 7. The number of ether oxygens (including phenoxy) is 1. The number of amides is 1. The highest BCUT2D eigenvalue weighted by Crippen LogP contribution is 2.28. The fourth-order valence-corrected chi connectivity index (χ4v) is 4.01. The summed E-state index contributed by atoms with van der Waals surface area (Å²) in [5.74, 6) is -0.263. The van der Waals surface area contributed by atoms with Crippen molar-refractivity contribution in [3.8, 4) is 23.3 Å². The van der Waals surface area contributed by atoms with Gasteiger partial charge in [0.25, 0.3) is 0 Å². The first-order valence-electron chi connectivity index (χ1n) is 12.1. The van der Waals surface area contributed by atoms with E-state index in [1.54, 1.807) is 47.3 Å². The van der Waals surface area contributed by atoms with Gasteiger partial charge in [0.1, 0.15) is 11.5 Å². The molecule has 194 valence electrons. The summed E-state index contributed by atoms with van der Waals surface area (Å²) in [6.07, 6.45) is 2.31. The van der Waals surface area contributed by atoms with Crippen molar-refractivity contribution in [2.75, 3.05) is 17.2 Å². The van der Waals surface area contributed by atoms with Crippen molar-refractivity contribution in [3.05, 3.63) is 90.0 Å². The molecule has 0 spiro atoms. The number of nitriles is 1. The van der Waals surface area contributed by atoms with Gasteiger partial charge in [-0.1, -0.05) is 35.9 Å². The summed E-state index contributed by atoms with van der Waals surface area (Å²) in [6, 6.07) is 19.3. The number of carbonyl (C=O) groups is 1. The zero-order chi connectivity index (χ0) is 27.4. The average Bonchev–Trinajstić information content (AvgIpc) is 3.30. The predicted octanol–water partition coefficient (Wildman–Crippen LogP) is 4.89. The fourth-order valence-electron chi connectivity index (χ4n) is 4.01. The standard InChI is InChI=1S/C28H23FN8O2/c1-18-9-11-20(12-10-18)36(15-5-13-30)28(38)39-23-16-33-26(34-25(23)31)24-21-7-4-14-32-27(21)37(35-24)17-19-6-2-3-8-22(19)29/h2-4,6-12,14,16H,5,15,17H2,1H3,(H2,31,33,34). The summed E-state index contributed by atoms with van der Waals surface area (Å²) in [6.45, 7) is 2.22. The van der Waals surface area contributed by atoms with Crippen LogP contribution in [0.2, 0.25) is 0 Å². The van der Waals surface area contributed by atoms with Crippen molar-refractivity contribution in [3.63, 3.8) is 0 Å². The molecule has 1 amide bonds. The minimum absolute atomic E-state index is 0.0361. The molecular formula is C28H23FN8O2. The van der Waals surface area contributed by atoms with Crippen molar-refractivity contribution < 1.29 is 13.9 Å². The van der Waals surface area contributed by atoms with Crippen molar-refractivity contribution in [1.82, 2.24) is 24.7 Å². The number of rotatable bonds is 7. The van der Waals surface area contributed by atoms with Gasteiger partial charge in [0, 0.05) is 24.0 Å². The number of fused-ring (bicyclic) bond motifs is 1. The minimum Gasteiger partial charge on any atom is -0.404 e. The molecule has 2 N–H and O–H groups in total. The second-order valence-corrected chi connectivity index (χ2v) is 8.68. The maximum absolute atomic E-state index is 14.3. The molecule has 0 aliphatic heterocycles. The van der Waals surface area contributed by atoms with Crippen molar-refractivity contribution in [2.24, 2.45) is 0 Å². The van der Waals surface area contributed by atoms with Crippen LogP contribution < -0.4 is 15.4 Å². The molecule has 2 aromatic carbocycles. The zero-order valence-corrected chi connectivity index (χ0v) is 21.0. The molecule has 5 rings (SSSR count). The molecular weight excluding hydrogens is 499 g/mol.